The van der Waals surface area contributed by atoms with Gasteiger partial charge in [-0.25, -0.2) is 9.48 Å². The molecule has 0 aliphatic heterocycles. The zero-order valence-corrected chi connectivity index (χ0v) is 18.4. The summed E-state index contributed by atoms with van der Waals surface area (Å²) in [6.07, 6.45) is 0.700. The average molecular weight is 456 g/mol. The van der Waals surface area contributed by atoms with Crippen molar-refractivity contribution in [2.45, 2.75) is 45.8 Å². The standard InChI is InChI=1S/C24H23F3N4O2/c1-4-5-20(31-21-7-6-16(23(32)33)10-18(21)11-29-31)17-8-14(2)22(15(3)9-17)30-13-19(12-28-30)24(25,26)27/h6-13,20H,4-5H2,1-3H3,(H,32,33). The Morgan fingerprint density at radius 3 is 2.36 bits per heavy atom. The molecule has 0 saturated carbocycles. The van der Waals surface area contributed by atoms with E-state index in [1.807, 2.05) is 30.7 Å². The molecule has 0 fully saturated rings. The number of aryl methyl sites for hydroxylation is 2. The highest BCUT2D eigenvalue weighted by Crippen LogP contribution is 2.33. The maximum absolute atomic E-state index is 13.0. The second kappa shape index (κ2) is 8.38. The first-order valence-corrected chi connectivity index (χ1v) is 10.5. The summed E-state index contributed by atoms with van der Waals surface area (Å²) in [4.78, 5) is 11.3. The van der Waals surface area contributed by atoms with Crippen molar-refractivity contribution in [2.24, 2.45) is 0 Å². The number of halogens is 3. The fourth-order valence-corrected chi connectivity index (χ4v) is 4.27. The van der Waals surface area contributed by atoms with Crippen molar-refractivity contribution in [2.75, 3.05) is 0 Å². The van der Waals surface area contributed by atoms with E-state index in [2.05, 4.69) is 17.1 Å². The number of carboxylic acid groups (broad SMARTS) is 1. The number of aromatic nitrogens is 4. The molecule has 2 aromatic heterocycles. The molecule has 0 amide bonds. The summed E-state index contributed by atoms with van der Waals surface area (Å²) < 4.78 is 42.2. The molecule has 0 aliphatic carbocycles. The number of nitrogens with zero attached hydrogens (tertiary/aromatic N) is 4. The lowest BCUT2D eigenvalue weighted by Crippen LogP contribution is -2.13. The van der Waals surface area contributed by atoms with E-state index < -0.39 is 17.7 Å². The highest BCUT2D eigenvalue weighted by atomic mass is 19.4. The summed E-state index contributed by atoms with van der Waals surface area (Å²) in [5.74, 6) is -0.996. The van der Waals surface area contributed by atoms with Gasteiger partial charge >= 0.3 is 12.1 Å². The van der Waals surface area contributed by atoms with Gasteiger partial charge in [0.15, 0.2) is 0 Å². The summed E-state index contributed by atoms with van der Waals surface area (Å²) in [5, 5.41) is 18.5. The van der Waals surface area contributed by atoms with E-state index in [0.29, 0.717) is 5.69 Å². The molecule has 2 aromatic carbocycles. The van der Waals surface area contributed by atoms with Crippen molar-refractivity contribution in [1.29, 1.82) is 0 Å². The Kier molecular flexibility index (Phi) is 5.73. The minimum atomic E-state index is -4.45. The minimum Gasteiger partial charge on any atom is -0.478 e. The Morgan fingerprint density at radius 2 is 1.79 bits per heavy atom. The van der Waals surface area contributed by atoms with Gasteiger partial charge in [-0.3, -0.25) is 4.68 Å². The first-order valence-electron chi connectivity index (χ1n) is 10.5. The van der Waals surface area contributed by atoms with Crippen LogP contribution in [-0.2, 0) is 6.18 Å². The lowest BCUT2D eigenvalue weighted by Gasteiger charge is -2.21. The molecule has 0 saturated heterocycles. The fraction of sp³-hybridized carbons (Fsp3) is 0.292. The second-order valence-corrected chi connectivity index (χ2v) is 8.15. The van der Waals surface area contributed by atoms with Crippen molar-refractivity contribution >= 4 is 16.9 Å². The molecule has 1 unspecified atom stereocenters. The summed E-state index contributed by atoms with van der Waals surface area (Å²) in [6, 6.07) is 8.71. The zero-order chi connectivity index (χ0) is 23.9. The molecule has 33 heavy (non-hydrogen) atoms. The van der Waals surface area contributed by atoms with Gasteiger partial charge in [-0.1, -0.05) is 25.5 Å². The number of carbonyl (C=O) groups is 1. The van der Waals surface area contributed by atoms with Crippen LogP contribution in [0, 0.1) is 13.8 Å². The van der Waals surface area contributed by atoms with Crippen molar-refractivity contribution in [3.8, 4) is 5.69 Å². The number of aromatic carboxylic acids is 1. The van der Waals surface area contributed by atoms with Crippen LogP contribution in [0.2, 0.25) is 0 Å². The average Bonchev–Trinajstić information content (AvgIpc) is 3.38. The van der Waals surface area contributed by atoms with Gasteiger partial charge in [-0.05, 0) is 55.2 Å². The van der Waals surface area contributed by atoms with Crippen LogP contribution in [0.4, 0.5) is 13.2 Å². The zero-order valence-electron chi connectivity index (χ0n) is 18.4. The van der Waals surface area contributed by atoms with E-state index >= 15 is 0 Å². The Bertz CT molecular complexity index is 1310. The molecule has 0 spiro atoms. The molecule has 4 rings (SSSR count). The number of hydrogen-bond acceptors (Lipinski definition) is 3. The van der Waals surface area contributed by atoms with Crippen LogP contribution in [0.15, 0.2) is 48.9 Å². The third-order valence-corrected chi connectivity index (χ3v) is 5.74. The van der Waals surface area contributed by atoms with Crippen LogP contribution < -0.4 is 0 Å². The van der Waals surface area contributed by atoms with Crippen LogP contribution in [-0.4, -0.2) is 30.6 Å². The normalized spacial score (nSPS) is 12.9. The van der Waals surface area contributed by atoms with Gasteiger partial charge in [0.2, 0.25) is 0 Å². The van der Waals surface area contributed by atoms with E-state index in [0.717, 1.165) is 52.8 Å². The van der Waals surface area contributed by atoms with Crippen molar-refractivity contribution in [3.63, 3.8) is 0 Å². The van der Waals surface area contributed by atoms with Gasteiger partial charge in [0.25, 0.3) is 0 Å². The smallest absolute Gasteiger partial charge is 0.419 e. The fourth-order valence-electron chi connectivity index (χ4n) is 4.27. The van der Waals surface area contributed by atoms with Crippen LogP contribution in [0.1, 0.15) is 58.4 Å². The third kappa shape index (κ3) is 4.22. The second-order valence-electron chi connectivity index (χ2n) is 8.15. The Balaban J connectivity index is 1.77. The molecule has 1 N–H and O–H groups in total. The van der Waals surface area contributed by atoms with Crippen LogP contribution in [0.3, 0.4) is 0 Å². The highest BCUT2D eigenvalue weighted by Gasteiger charge is 2.32. The van der Waals surface area contributed by atoms with E-state index in [9.17, 15) is 23.1 Å². The van der Waals surface area contributed by atoms with E-state index in [1.165, 1.54) is 4.68 Å². The Hall–Kier alpha value is -3.62. The molecule has 2 heterocycles. The van der Waals surface area contributed by atoms with Gasteiger partial charge in [-0.15, -0.1) is 0 Å². The number of carboxylic acids is 1. The predicted octanol–water partition coefficient (Wildman–Crippen LogP) is 5.95. The van der Waals surface area contributed by atoms with Gasteiger partial charge in [-0.2, -0.15) is 23.4 Å². The number of benzene rings is 2. The number of alkyl halides is 3. The molecule has 0 aliphatic rings. The SMILES string of the molecule is CCCC(c1cc(C)c(-n2cc(C(F)(F)F)cn2)c(C)c1)n1ncc2cc(C(=O)O)ccc21. The molecule has 9 heteroatoms. The summed E-state index contributed by atoms with van der Waals surface area (Å²) >= 11 is 0. The van der Waals surface area contributed by atoms with Gasteiger partial charge in [0.1, 0.15) is 0 Å². The van der Waals surface area contributed by atoms with Crippen LogP contribution in [0.5, 0.6) is 0 Å². The van der Waals surface area contributed by atoms with E-state index in [1.54, 1.807) is 24.4 Å². The van der Waals surface area contributed by atoms with Gasteiger partial charge in [0, 0.05) is 11.6 Å². The topological polar surface area (TPSA) is 72.9 Å². The molecule has 0 bridgehead atoms. The van der Waals surface area contributed by atoms with Gasteiger partial charge < -0.3 is 5.11 Å². The van der Waals surface area contributed by atoms with E-state index in [-0.39, 0.29) is 11.6 Å². The van der Waals surface area contributed by atoms with Crippen molar-refractivity contribution in [1.82, 2.24) is 19.6 Å². The lowest BCUT2D eigenvalue weighted by molar-refractivity contribution is -0.137. The number of rotatable bonds is 6. The number of hydrogen-bond donors (Lipinski definition) is 1. The molecular weight excluding hydrogens is 433 g/mol. The third-order valence-electron chi connectivity index (χ3n) is 5.74. The summed E-state index contributed by atoms with van der Waals surface area (Å²) in [6.45, 7) is 5.77. The molecule has 172 valence electrons. The Labute approximate surface area is 188 Å². The maximum Gasteiger partial charge on any atom is 0.419 e. The lowest BCUT2D eigenvalue weighted by atomic mass is 9.96. The first-order chi connectivity index (χ1) is 15.6. The largest absolute Gasteiger partial charge is 0.478 e. The molecule has 1 atom stereocenters. The highest BCUT2D eigenvalue weighted by molar-refractivity contribution is 5.93. The van der Waals surface area contributed by atoms with Crippen LogP contribution >= 0.6 is 0 Å². The molecule has 0 radical (unpaired) electrons. The predicted molar refractivity (Wildman–Crippen MR) is 118 cm³/mol. The number of fused-ring (bicyclic) bond motifs is 1. The van der Waals surface area contributed by atoms with Crippen molar-refractivity contribution in [3.05, 3.63) is 76.7 Å². The molecule has 4 aromatic rings. The maximum atomic E-state index is 13.0. The minimum absolute atomic E-state index is 0.113. The van der Waals surface area contributed by atoms with Crippen molar-refractivity contribution < 1.29 is 23.1 Å². The first kappa shape index (κ1) is 22.6. The van der Waals surface area contributed by atoms with Crippen LogP contribution in [0.25, 0.3) is 16.6 Å². The monoisotopic (exact) mass is 456 g/mol. The molecular formula is C24H23F3N4O2. The Morgan fingerprint density at radius 1 is 1.09 bits per heavy atom. The summed E-state index contributed by atoms with van der Waals surface area (Å²) in [7, 11) is 0. The summed E-state index contributed by atoms with van der Waals surface area (Å²) in [5.41, 5.74) is 3.41. The molecule has 6 nitrogen and oxygen atoms in total. The quantitative estimate of drug-likeness (QED) is 0.389. The van der Waals surface area contributed by atoms with Gasteiger partial charge in [0.05, 0.1) is 40.8 Å². The van der Waals surface area contributed by atoms with E-state index in [4.69, 9.17) is 0 Å².